The minimum absolute atomic E-state index is 0.201. The molecular weight excluding hydrogens is 362 g/mol. The van der Waals surface area contributed by atoms with E-state index in [9.17, 15) is 19.2 Å². The van der Waals surface area contributed by atoms with E-state index >= 15 is 0 Å². The third-order valence-electron chi connectivity index (χ3n) is 4.41. The number of anilines is 1. The molecule has 0 aliphatic heterocycles. The molecule has 0 aliphatic rings. The Kier molecular flexibility index (Phi) is 5.39. The van der Waals surface area contributed by atoms with Gasteiger partial charge in [0, 0.05) is 5.69 Å². The molecule has 0 saturated carbocycles. The van der Waals surface area contributed by atoms with Crippen LogP contribution in [0.25, 0.3) is 10.8 Å². The Labute approximate surface area is 159 Å². The number of H-pyrrole nitrogens is 1. The van der Waals surface area contributed by atoms with Gasteiger partial charge in [-0.05, 0) is 43.2 Å². The van der Waals surface area contributed by atoms with Gasteiger partial charge in [0.15, 0.2) is 6.61 Å². The van der Waals surface area contributed by atoms with Gasteiger partial charge in [-0.1, -0.05) is 24.3 Å². The average molecular weight is 381 g/mol. The fourth-order valence-electron chi connectivity index (χ4n) is 2.75. The van der Waals surface area contributed by atoms with E-state index in [1.54, 1.807) is 18.2 Å². The van der Waals surface area contributed by atoms with E-state index in [1.807, 2.05) is 26.0 Å². The highest BCUT2D eigenvalue weighted by Gasteiger charge is 2.13. The lowest BCUT2D eigenvalue weighted by Crippen LogP contribution is -2.33. The van der Waals surface area contributed by atoms with Gasteiger partial charge < -0.3 is 10.1 Å². The Morgan fingerprint density at radius 2 is 1.75 bits per heavy atom. The first-order valence-corrected chi connectivity index (χ1v) is 8.60. The van der Waals surface area contributed by atoms with Crippen LogP contribution in [0.2, 0.25) is 0 Å². The van der Waals surface area contributed by atoms with E-state index in [2.05, 4.69) is 10.4 Å². The zero-order chi connectivity index (χ0) is 20.3. The normalized spacial score (nSPS) is 10.6. The first-order valence-electron chi connectivity index (χ1n) is 8.60. The molecule has 0 fully saturated rings. The first kappa shape index (κ1) is 19.1. The van der Waals surface area contributed by atoms with Crippen molar-refractivity contribution in [3.8, 4) is 0 Å². The van der Waals surface area contributed by atoms with Gasteiger partial charge in [0.1, 0.15) is 6.54 Å². The first-order chi connectivity index (χ1) is 13.4. The number of ether oxygens (including phenoxy) is 1. The van der Waals surface area contributed by atoms with Crippen LogP contribution in [0.3, 0.4) is 0 Å². The number of fused-ring (bicyclic) bond motifs is 1. The van der Waals surface area contributed by atoms with Gasteiger partial charge in [0.25, 0.3) is 17.0 Å². The van der Waals surface area contributed by atoms with Crippen LogP contribution < -0.4 is 16.4 Å². The van der Waals surface area contributed by atoms with E-state index < -0.39 is 36.1 Å². The van der Waals surface area contributed by atoms with Crippen LogP contribution in [0.4, 0.5) is 5.69 Å². The number of rotatable bonds is 5. The zero-order valence-corrected chi connectivity index (χ0v) is 15.4. The van der Waals surface area contributed by atoms with Crippen LogP contribution in [0.5, 0.6) is 0 Å². The lowest BCUT2D eigenvalue weighted by molar-refractivity contribution is -0.148. The van der Waals surface area contributed by atoms with E-state index in [0.717, 1.165) is 15.8 Å². The van der Waals surface area contributed by atoms with Crippen LogP contribution in [-0.4, -0.2) is 28.3 Å². The highest BCUT2D eigenvalue weighted by Crippen LogP contribution is 2.17. The largest absolute Gasteiger partial charge is 0.454 e. The van der Waals surface area contributed by atoms with Crippen molar-refractivity contribution < 1.29 is 14.3 Å². The molecule has 1 amide bonds. The van der Waals surface area contributed by atoms with Crippen LogP contribution in [0.15, 0.2) is 52.1 Å². The van der Waals surface area contributed by atoms with Gasteiger partial charge in [-0.15, -0.1) is 0 Å². The molecule has 2 N–H and O–H groups in total. The van der Waals surface area contributed by atoms with Gasteiger partial charge in [-0.3, -0.25) is 24.3 Å². The summed E-state index contributed by atoms with van der Waals surface area (Å²) in [6.45, 7) is 2.79. The molecule has 1 heterocycles. The summed E-state index contributed by atoms with van der Waals surface area (Å²) in [7, 11) is 0. The summed E-state index contributed by atoms with van der Waals surface area (Å²) in [6.07, 6.45) is 0. The van der Waals surface area contributed by atoms with Crippen molar-refractivity contribution in [3.63, 3.8) is 0 Å². The Hall–Kier alpha value is -3.68. The second-order valence-electron chi connectivity index (χ2n) is 6.33. The Morgan fingerprint density at radius 3 is 2.50 bits per heavy atom. The number of carbonyl (C=O) groups is 2. The van der Waals surface area contributed by atoms with Gasteiger partial charge in [-0.2, -0.15) is 0 Å². The number of hydrogen-bond donors (Lipinski definition) is 2. The number of amides is 1. The summed E-state index contributed by atoms with van der Waals surface area (Å²) < 4.78 is 5.79. The van der Waals surface area contributed by atoms with Gasteiger partial charge in [-0.25, -0.2) is 4.68 Å². The number of esters is 1. The second kappa shape index (κ2) is 7.91. The molecule has 2 aromatic carbocycles. The van der Waals surface area contributed by atoms with Gasteiger partial charge in [0.2, 0.25) is 0 Å². The minimum atomic E-state index is -0.816. The molecule has 28 heavy (non-hydrogen) atoms. The van der Waals surface area contributed by atoms with Crippen LogP contribution in [0.1, 0.15) is 11.1 Å². The lowest BCUT2D eigenvalue weighted by atomic mass is 10.1. The summed E-state index contributed by atoms with van der Waals surface area (Å²) in [6, 6.07) is 11.8. The van der Waals surface area contributed by atoms with Crippen LogP contribution in [-0.2, 0) is 20.9 Å². The summed E-state index contributed by atoms with van der Waals surface area (Å²) in [5.74, 6) is -1.31. The molecule has 0 radical (unpaired) electrons. The van der Waals surface area contributed by atoms with Crippen molar-refractivity contribution in [2.24, 2.45) is 0 Å². The number of aromatic nitrogens is 2. The number of hydrogen-bond acceptors (Lipinski definition) is 5. The van der Waals surface area contributed by atoms with Crippen molar-refractivity contribution in [1.82, 2.24) is 9.78 Å². The Bertz CT molecular complexity index is 1180. The number of nitrogens with zero attached hydrogens (tertiary/aromatic N) is 1. The van der Waals surface area contributed by atoms with E-state index in [0.29, 0.717) is 5.69 Å². The van der Waals surface area contributed by atoms with Gasteiger partial charge >= 0.3 is 5.97 Å². The number of carbonyl (C=O) groups excluding carboxylic acids is 2. The molecule has 1 aromatic heterocycles. The molecule has 0 bridgehead atoms. The van der Waals surface area contributed by atoms with Crippen molar-refractivity contribution >= 4 is 28.3 Å². The fourth-order valence-corrected chi connectivity index (χ4v) is 2.75. The smallest absolute Gasteiger partial charge is 0.328 e. The molecule has 3 aromatic rings. The van der Waals surface area contributed by atoms with Crippen LogP contribution in [0, 0.1) is 13.8 Å². The average Bonchev–Trinajstić information content (AvgIpc) is 2.68. The van der Waals surface area contributed by atoms with Crippen molar-refractivity contribution in [3.05, 3.63) is 74.3 Å². The molecule has 8 heteroatoms. The van der Waals surface area contributed by atoms with Crippen molar-refractivity contribution in [2.75, 3.05) is 11.9 Å². The lowest BCUT2D eigenvalue weighted by Gasteiger charge is -2.11. The maximum Gasteiger partial charge on any atom is 0.328 e. The predicted molar refractivity (Wildman–Crippen MR) is 104 cm³/mol. The quantitative estimate of drug-likeness (QED) is 0.651. The molecule has 0 aliphatic carbocycles. The third kappa shape index (κ3) is 4.01. The number of nitrogens with one attached hydrogen (secondary N) is 2. The number of benzene rings is 2. The van der Waals surface area contributed by atoms with E-state index in [-0.39, 0.29) is 10.8 Å². The second-order valence-corrected chi connectivity index (χ2v) is 6.33. The molecule has 8 nitrogen and oxygen atoms in total. The van der Waals surface area contributed by atoms with E-state index in [1.165, 1.54) is 12.1 Å². The number of aryl methyl sites for hydroxylation is 1. The monoisotopic (exact) mass is 381 g/mol. The Balaban J connectivity index is 1.65. The number of aromatic amines is 1. The van der Waals surface area contributed by atoms with Crippen molar-refractivity contribution in [2.45, 2.75) is 20.4 Å². The molecular formula is C20H19N3O5. The molecule has 0 saturated heterocycles. The molecule has 0 unspecified atom stereocenters. The SMILES string of the molecule is Cc1cccc(NC(=O)COC(=O)Cn2[nH]c(=O)c3ccccc3c2=O)c1C. The molecule has 3 rings (SSSR count). The summed E-state index contributed by atoms with van der Waals surface area (Å²) >= 11 is 0. The highest BCUT2D eigenvalue weighted by atomic mass is 16.5. The van der Waals surface area contributed by atoms with Gasteiger partial charge in [0.05, 0.1) is 10.8 Å². The maximum absolute atomic E-state index is 12.4. The summed E-state index contributed by atoms with van der Waals surface area (Å²) in [4.78, 5) is 48.4. The fraction of sp³-hybridized carbons (Fsp3) is 0.200. The van der Waals surface area contributed by atoms with Crippen molar-refractivity contribution in [1.29, 1.82) is 0 Å². The zero-order valence-electron chi connectivity index (χ0n) is 15.4. The summed E-state index contributed by atoms with van der Waals surface area (Å²) in [5.41, 5.74) is 1.57. The van der Waals surface area contributed by atoms with Crippen LogP contribution >= 0.6 is 0 Å². The standard InChI is InChI=1S/C20H19N3O5/c1-12-6-5-9-16(13(12)2)21-17(24)11-28-18(25)10-23-20(27)15-8-4-3-7-14(15)19(26)22-23/h3-9H,10-11H2,1-2H3,(H,21,24)(H,22,26). The molecule has 0 spiro atoms. The predicted octanol–water partition coefficient (Wildman–Crippen LogP) is 1.49. The summed E-state index contributed by atoms with van der Waals surface area (Å²) in [5, 5.41) is 5.45. The Morgan fingerprint density at radius 1 is 1.04 bits per heavy atom. The molecule has 0 atom stereocenters. The third-order valence-corrected chi connectivity index (χ3v) is 4.41. The minimum Gasteiger partial charge on any atom is -0.454 e. The van der Waals surface area contributed by atoms with E-state index in [4.69, 9.17) is 4.74 Å². The topological polar surface area (TPSA) is 110 Å². The maximum atomic E-state index is 12.4. The molecule has 144 valence electrons. The highest BCUT2D eigenvalue weighted by molar-refractivity contribution is 5.93.